The second kappa shape index (κ2) is 8.73. The lowest BCUT2D eigenvalue weighted by Crippen LogP contribution is -2.40. The number of carbonyl (C=O) groups excluding carboxylic acids is 1. The summed E-state index contributed by atoms with van der Waals surface area (Å²) in [5.41, 5.74) is 4.84. The highest BCUT2D eigenvalue weighted by atomic mass is 35.5. The molecular formula is C25H27ClN2O2S. The second-order valence-electron chi connectivity index (χ2n) is 9.10. The molecule has 0 spiro atoms. The number of piperidine rings is 1. The van der Waals surface area contributed by atoms with Crippen molar-refractivity contribution >= 4 is 28.8 Å². The van der Waals surface area contributed by atoms with E-state index < -0.39 is 0 Å². The van der Waals surface area contributed by atoms with Crippen LogP contribution in [-0.4, -0.2) is 40.1 Å². The van der Waals surface area contributed by atoms with E-state index in [2.05, 4.69) is 43.3 Å². The lowest BCUT2D eigenvalue weighted by atomic mass is 9.90. The Morgan fingerprint density at radius 2 is 1.87 bits per heavy atom. The van der Waals surface area contributed by atoms with E-state index in [4.69, 9.17) is 11.6 Å². The van der Waals surface area contributed by atoms with Gasteiger partial charge in [0.25, 0.3) is 5.91 Å². The number of benzene rings is 1. The lowest BCUT2D eigenvalue weighted by Gasteiger charge is -2.29. The number of nitrogens with zero attached hydrogens (tertiary/aromatic N) is 2. The maximum absolute atomic E-state index is 12.8. The lowest BCUT2D eigenvalue weighted by molar-refractivity contribution is 0.0546. The molecule has 0 atom stereocenters. The molecule has 0 bridgehead atoms. The highest BCUT2D eigenvalue weighted by Crippen LogP contribution is 2.37. The number of carbonyl (C=O) groups is 1. The number of likely N-dealkylation sites (tertiary alicyclic amines) is 1. The number of aliphatic hydroxyl groups is 1. The van der Waals surface area contributed by atoms with E-state index in [0.717, 1.165) is 27.3 Å². The summed E-state index contributed by atoms with van der Waals surface area (Å²) >= 11 is 8.24. The van der Waals surface area contributed by atoms with Gasteiger partial charge in [0, 0.05) is 46.4 Å². The molecule has 1 fully saturated rings. The molecule has 1 N–H and O–H groups in total. The molecule has 1 aliphatic heterocycles. The Kier molecular flexibility index (Phi) is 6.20. The summed E-state index contributed by atoms with van der Waals surface area (Å²) in [6, 6.07) is 11.8. The summed E-state index contributed by atoms with van der Waals surface area (Å²) in [5.74, 6) is -0.0290. The fourth-order valence-electron chi connectivity index (χ4n) is 3.75. The van der Waals surface area contributed by atoms with Crippen LogP contribution in [0.3, 0.4) is 0 Å². The minimum Gasteiger partial charge on any atom is -0.393 e. The van der Waals surface area contributed by atoms with Crippen molar-refractivity contribution in [2.24, 2.45) is 0 Å². The van der Waals surface area contributed by atoms with E-state index in [1.165, 1.54) is 0 Å². The summed E-state index contributed by atoms with van der Waals surface area (Å²) in [6.07, 6.45) is 2.81. The molecule has 3 aromatic rings. The van der Waals surface area contributed by atoms with Crippen LogP contribution in [-0.2, 0) is 5.41 Å². The third-order valence-electron chi connectivity index (χ3n) is 5.69. The number of halogens is 1. The number of rotatable bonds is 3. The van der Waals surface area contributed by atoms with Crippen molar-refractivity contribution in [1.82, 2.24) is 9.88 Å². The fourth-order valence-corrected chi connectivity index (χ4v) is 5.04. The fraction of sp³-hybridized carbons (Fsp3) is 0.360. The van der Waals surface area contributed by atoms with Crippen LogP contribution in [0.1, 0.15) is 49.7 Å². The van der Waals surface area contributed by atoms with Crippen LogP contribution in [0.5, 0.6) is 0 Å². The summed E-state index contributed by atoms with van der Waals surface area (Å²) in [7, 11) is 0. The Bertz CT molecular complexity index is 1090. The van der Waals surface area contributed by atoms with Crippen LogP contribution in [0.4, 0.5) is 0 Å². The first-order chi connectivity index (χ1) is 14.7. The Hall–Kier alpha value is -2.21. The molecule has 1 amide bonds. The average Bonchev–Trinajstić information content (AvgIpc) is 3.23. The van der Waals surface area contributed by atoms with Gasteiger partial charge in [0.15, 0.2) is 0 Å². The van der Waals surface area contributed by atoms with Crippen LogP contribution in [0.25, 0.3) is 21.6 Å². The van der Waals surface area contributed by atoms with E-state index in [0.29, 0.717) is 36.5 Å². The van der Waals surface area contributed by atoms with Gasteiger partial charge in [0.05, 0.1) is 11.1 Å². The molecule has 1 aliphatic rings. The molecule has 162 valence electrons. The van der Waals surface area contributed by atoms with Crippen molar-refractivity contribution in [1.29, 1.82) is 0 Å². The zero-order chi connectivity index (χ0) is 22.2. The first-order valence-corrected chi connectivity index (χ1v) is 11.8. The minimum absolute atomic E-state index is 0.00696. The van der Waals surface area contributed by atoms with Crippen molar-refractivity contribution in [2.75, 3.05) is 13.1 Å². The van der Waals surface area contributed by atoms with Crippen LogP contribution in [0.15, 0.2) is 48.0 Å². The van der Waals surface area contributed by atoms with Crippen LogP contribution >= 0.6 is 22.9 Å². The maximum atomic E-state index is 12.8. The first-order valence-electron chi connectivity index (χ1n) is 10.5. The van der Waals surface area contributed by atoms with Crippen molar-refractivity contribution in [3.05, 3.63) is 64.3 Å². The van der Waals surface area contributed by atoms with Crippen molar-refractivity contribution in [3.63, 3.8) is 0 Å². The molecule has 1 aromatic carbocycles. The van der Waals surface area contributed by atoms with Crippen molar-refractivity contribution in [2.45, 2.75) is 45.1 Å². The summed E-state index contributed by atoms with van der Waals surface area (Å²) in [5, 5.41) is 12.4. The summed E-state index contributed by atoms with van der Waals surface area (Å²) < 4.78 is 0. The minimum atomic E-state index is -0.303. The predicted octanol–water partition coefficient (Wildman–Crippen LogP) is 6.02. The Morgan fingerprint density at radius 3 is 2.55 bits per heavy atom. The van der Waals surface area contributed by atoms with E-state index in [1.54, 1.807) is 22.3 Å². The van der Waals surface area contributed by atoms with Gasteiger partial charge in [-0.2, -0.15) is 0 Å². The van der Waals surface area contributed by atoms with Gasteiger partial charge < -0.3 is 10.0 Å². The standard InChI is InChI=1S/C25H27ClN2O2S/c1-25(2,3)23-14-16(6-9-27-23)18-13-22(31-15-18)20-5-4-17(12-21(20)26)24(30)28-10-7-19(29)8-11-28/h4-6,9,12-15,19,29H,7-8,10-11H2,1-3H3. The molecule has 31 heavy (non-hydrogen) atoms. The van der Waals surface area contributed by atoms with Gasteiger partial charge in [-0.15, -0.1) is 11.3 Å². The predicted molar refractivity (Wildman–Crippen MR) is 128 cm³/mol. The molecular weight excluding hydrogens is 428 g/mol. The number of pyridine rings is 1. The van der Waals surface area contributed by atoms with Gasteiger partial charge in [-0.3, -0.25) is 9.78 Å². The average molecular weight is 455 g/mol. The second-order valence-corrected chi connectivity index (χ2v) is 10.4. The SMILES string of the molecule is CC(C)(C)c1cc(-c2csc(-c3ccc(C(=O)N4CCC(O)CC4)cc3Cl)c2)ccn1. The smallest absolute Gasteiger partial charge is 0.253 e. The van der Waals surface area contributed by atoms with Gasteiger partial charge in [0.2, 0.25) is 0 Å². The summed E-state index contributed by atoms with van der Waals surface area (Å²) in [6.45, 7) is 7.64. The molecule has 1 saturated heterocycles. The van der Waals surface area contributed by atoms with Gasteiger partial charge in [-0.25, -0.2) is 0 Å². The third kappa shape index (κ3) is 4.84. The Morgan fingerprint density at radius 1 is 1.13 bits per heavy atom. The molecule has 6 heteroatoms. The molecule has 0 aliphatic carbocycles. The maximum Gasteiger partial charge on any atom is 0.253 e. The number of amides is 1. The number of aliphatic hydroxyl groups excluding tert-OH is 1. The highest BCUT2D eigenvalue weighted by molar-refractivity contribution is 7.14. The molecule has 2 aromatic heterocycles. The van der Waals surface area contributed by atoms with Gasteiger partial charge in [-0.05, 0) is 59.7 Å². The molecule has 0 radical (unpaired) electrons. The van der Waals surface area contributed by atoms with E-state index in [-0.39, 0.29) is 17.4 Å². The first kappa shape index (κ1) is 22.0. The topological polar surface area (TPSA) is 53.4 Å². The molecule has 3 heterocycles. The van der Waals surface area contributed by atoms with Crippen molar-refractivity contribution < 1.29 is 9.90 Å². The van der Waals surface area contributed by atoms with Crippen molar-refractivity contribution in [3.8, 4) is 21.6 Å². The van der Waals surface area contributed by atoms with E-state index in [9.17, 15) is 9.90 Å². The molecule has 4 rings (SSSR count). The quantitative estimate of drug-likeness (QED) is 0.526. The number of aromatic nitrogens is 1. The van der Waals surface area contributed by atoms with Gasteiger partial charge >= 0.3 is 0 Å². The van der Waals surface area contributed by atoms with Crippen LogP contribution in [0, 0.1) is 0 Å². The number of thiophene rings is 1. The summed E-state index contributed by atoms with van der Waals surface area (Å²) in [4.78, 5) is 20.2. The number of hydrogen-bond donors (Lipinski definition) is 1. The highest BCUT2D eigenvalue weighted by Gasteiger charge is 2.23. The third-order valence-corrected chi connectivity index (χ3v) is 6.97. The van der Waals surface area contributed by atoms with Gasteiger partial charge in [0.1, 0.15) is 0 Å². The zero-order valence-electron chi connectivity index (χ0n) is 18.1. The van der Waals surface area contributed by atoms with Crippen LogP contribution < -0.4 is 0 Å². The Labute approximate surface area is 192 Å². The van der Waals surface area contributed by atoms with Crippen LogP contribution in [0.2, 0.25) is 5.02 Å². The van der Waals surface area contributed by atoms with E-state index in [1.807, 2.05) is 24.4 Å². The largest absolute Gasteiger partial charge is 0.393 e. The zero-order valence-corrected chi connectivity index (χ0v) is 19.6. The Balaban J connectivity index is 1.56. The normalized spacial score (nSPS) is 15.3. The molecule has 0 saturated carbocycles. The van der Waals surface area contributed by atoms with Gasteiger partial charge in [-0.1, -0.05) is 38.4 Å². The number of hydrogen-bond acceptors (Lipinski definition) is 4. The molecule has 0 unspecified atom stereocenters. The monoisotopic (exact) mass is 454 g/mol. The van der Waals surface area contributed by atoms with E-state index >= 15 is 0 Å². The molecule has 4 nitrogen and oxygen atoms in total.